The molecule has 2 aromatic rings. The minimum Gasteiger partial charge on any atom is -0.492 e. The van der Waals surface area contributed by atoms with Crippen LogP contribution in [0.5, 0.6) is 5.75 Å². The van der Waals surface area contributed by atoms with E-state index in [1.54, 1.807) is 0 Å². The molecule has 2 atom stereocenters. The van der Waals surface area contributed by atoms with Gasteiger partial charge in [0, 0.05) is 55.8 Å². The summed E-state index contributed by atoms with van der Waals surface area (Å²) in [6, 6.07) is 9.76. The summed E-state index contributed by atoms with van der Waals surface area (Å²) in [6.07, 6.45) is 1.31. The first-order valence-electron chi connectivity index (χ1n) is 12.8. The molecule has 3 aliphatic rings. The lowest BCUT2D eigenvalue weighted by molar-refractivity contribution is 0.0659. The Balaban J connectivity index is 1.44. The Bertz CT molecular complexity index is 1130. The predicted octanol–water partition coefficient (Wildman–Crippen LogP) is 6.14. The van der Waals surface area contributed by atoms with Crippen molar-refractivity contribution in [3.63, 3.8) is 0 Å². The van der Waals surface area contributed by atoms with Gasteiger partial charge in [0.1, 0.15) is 29.7 Å². The van der Waals surface area contributed by atoms with Gasteiger partial charge in [-0.15, -0.1) is 0 Å². The van der Waals surface area contributed by atoms with Crippen LogP contribution in [0, 0.1) is 17.6 Å². The number of benzene rings is 2. The Labute approximate surface area is 210 Å². The molecule has 0 bridgehead atoms. The minimum atomic E-state index is -1.52. The molecule has 0 saturated carbocycles. The number of halogens is 4. The predicted molar refractivity (Wildman–Crippen MR) is 134 cm³/mol. The quantitative estimate of drug-likeness (QED) is 0.404. The fraction of sp³-hybridized carbons (Fsp3) is 0.517. The molecular weight excluding hydrogens is 468 g/mol. The molecule has 0 aromatic heterocycles. The summed E-state index contributed by atoms with van der Waals surface area (Å²) >= 11 is 0. The van der Waals surface area contributed by atoms with Crippen molar-refractivity contribution in [2.45, 2.75) is 51.4 Å². The molecule has 1 saturated heterocycles. The summed E-state index contributed by atoms with van der Waals surface area (Å²) in [7, 11) is 0. The third kappa shape index (κ3) is 4.92. The zero-order chi connectivity index (χ0) is 25.6. The van der Waals surface area contributed by atoms with Crippen LogP contribution >= 0.6 is 0 Å². The van der Waals surface area contributed by atoms with Gasteiger partial charge in [-0.3, -0.25) is 14.2 Å². The average Bonchev–Trinajstić information content (AvgIpc) is 3.14. The fourth-order valence-electron chi connectivity index (χ4n) is 6.00. The van der Waals surface area contributed by atoms with Crippen LogP contribution in [0.25, 0.3) is 5.57 Å². The van der Waals surface area contributed by atoms with E-state index in [0.717, 1.165) is 22.3 Å². The minimum absolute atomic E-state index is 0.0491. The maximum absolute atomic E-state index is 15.7. The first-order valence-corrected chi connectivity index (χ1v) is 12.8. The summed E-state index contributed by atoms with van der Waals surface area (Å²) in [6.45, 7) is 6.96. The summed E-state index contributed by atoms with van der Waals surface area (Å²) in [5, 5.41) is 0. The second-order valence-corrected chi connectivity index (χ2v) is 11.1. The standard InChI is InChI=1S/C29H34F4N2O/c1-18-10-23-22-7-5-4-6-20(22)11-24(23)28(35(18)17-29(2,3)33)27-25(31)12-21(13-26(27)32)36-9-8-34-15-19(14-30)16-34/h4-7,12-13,18-19,28H,8-11,14-17H2,1-3H3/t18-,28+/m1/s1. The van der Waals surface area contributed by atoms with Crippen molar-refractivity contribution in [2.24, 2.45) is 5.92 Å². The molecular formula is C29H34F4N2O. The van der Waals surface area contributed by atoms with Gasteiger partial charge < -0.3 is 4.74 Å². The van der Waals surface area contributed by atoms with Crippen LogP contribution in [0.3, 0.4) is 0 Å². The number of nitrogens with zero attached hydrogens (tertiary/aromatic N) is 2. The normalized spacial score (nSPS) is 23.0. The monoisotopic (exact) mass is 502 g/mol. The second-order valence-electron chi connectivity index (χ2n) is 11.1. The van der Waals surface area contributed by atoms with Crippen LogP contribution in [0.4, 0.5) is 17.6 Å². The largest absolute Gasteiger partial charge is 0.492 e. The van der Waals surface area contributed by atoms with E-state index in [0.29, 0.717) is 32.5 Å². The van der Waals surface area contributed by atoms with Crippen LogP contribution < -0.4 is 4.74 Å². The molecule has 5 rings (SSSR count). The molecule has 0 unspecified atom stereocenters. The Hall–Kier alpha value is -2.38. The lowest BCUT2D eigenvalue weighted by Gasteiger charge is -2.44. The van der Waals surface area contributed by atoms with E-state index in [-0.39, 0.29) is 43.1 Å². The van der Waals surface area contributed by atoms with E-state index >= 15 is 8.78 Å². The van der Waals surface area contributed by atoms with Crippen molar-refractivity contribution in [3.05, 3.63) is 70.3 Å². The van der Waals surface area contributed by atoms with Gasteiger partial charge in [0.25, 0.3) is 0 Å². The molecule has 2 aliphatic heterocycles. The number of ether oxygens (including phenoxy) is 1. The highest BCUT2D eigenvalue weighted by atomic mass is 19.1. The van der Waals surface area contributed by atoms with E-state index in [1.807, 2.05) is 24.0 Å². The molecule has 0 N–H and O–H groups in total. The molecule has 0 amide bonds. The van der Waals surface area contributed by atoms with E-state index in [9.17, 15) is 8.78 Å². The molecule has 0 radical (unpaired) electrons. The van der Waals surface area contributed by atoms with Gasteiger partial charge in [-0.05, 0) is 55.9 Å². The van der Waals surface area contributed by atoms with Crippen LogP contribution in [0.2, 0.25) is 0 Å². The molecule has 3 nitrogen and oxygen atoms in total. The number of hydrogen-bond donors (Lipinski definition) is 0. The van der Waals surface area contributed by atoms with Gasteiger partial charge in [-0.1, -0.05) is 24.3 Å². The van der Waals surface area contributed by atoms with Crippen LogP contribution in [0.1, 0.15) is 49.9 Å². The van der Waals surface area contributed by atoms with Crippen molar-refractivity contribution in [1.29, 1.82) is 0 Å². The number of rotatable bonds is 8. The first-order chi connectivity index (χ1) is 17.1. The SMILES string of the molecule is C[C@@H]1CC2=C(Cc3ccccc32)[C@@H](c2c(F)cc(OCCN3CC(CF)C3)cc2F)N1CC(C)(C)F. The first kappa shape index (κ1) is 25.3. The summed E-state index contributed by atoms with van der Waals surface area (Å²) < 4.78 is 64.5. The van der Waals surface area contributed by atoms with E-state index in [1.165, 1.54) is 26.0 Å². The van der Waals surface area contributed by atoms with Crippen molar-refractivity contribution in [3.8, 4) is 5.75 Å². The maximum Gasteiger partial charge on any atom is 0.134 e. The fourth-order valence-corrected chi connectivity index (χ4v) is 6.00. The second kappa shape index (κ2) is 9.82. The molecule has 194 valence electrons. The molecule has 7 heteroatoms. The van der Waals surface area contributed by atoms with Gasteiger partial charge in [-0.25, -0.2) is 13.2 Å². The smallest absolute Gasteiger partial charge is 0.134 e. The lowest BCUT2D eigenvalue weighted by Crippen LogP contribution is -2.49. The number of likely N-dealkylation sites (tertiary alicyclic amines) is 1. The van der Waals surface area contributed by atoms with Gasteiger partial charge in [-0.2, -0.15) is 0 Å². The highest BCUT2D eigenvalue weighted by Crippen LogP contribution is 2.50. The van der Waals surface area contributed by atoms with Crippen LogP contribution in [-0.2, 0) is 6.42 Å². The number of alkyl halides is 2. The topological polar surface area (TPSA) is 15.7 Å². The zero-order valence-corrected chi connectivity index (χ0v) is 21.2. The van der Waals surface area contributed by atoms with Crippen molar-refractivity contribution < 1.29 is 22.3 Å². The third-order valence-electron chi connectivity index (χ3n) is 7.65. The van der Waals surface area contributed by atoms with Crippen LogP contribution in [-0.4, -0.2) is 61.0 Å². The lowest BCUT2D eigenvalue weighted by atomic mass is 9.84. The highest BCUT2D eigenvalue weighted by Gasteiger charge is 2.43. The molecule has 1 aliphatic carbocycles. The Kier molecular flexibility index (Phi) is 6.90. The van der Waals surface area contributed by atoms with Gasteiger partial charge >= 0.3 is 0 Å². The summed E-state index contributed by atoms with van der Waals surface area (Å²) in [5.74, 6) is -1.17. The van der Waals surface area contributed by atoms with E-state index in [4.69, 9.17) is 4.74 Å². The number of hydrogen-bond acceptors (Lipinski definition) is 3. The van der Waals surface area contributed by atoms with Crippen molar-refractivity contribution >= 4 is 5.57 Å². The van der Waals surface area contributed by atoms with Crippen molar-refractivity contribution in [2.75, 3.05) is 39.5 Å². The van der Waals surface area contributed by atoms with Crippen molar-refractivity contribution in [1.82, 2.24) is 9.80 Å². The van der Waals surface area contributed by atoms with E-state index in [2.05, 4.69) is 17.0 Å². The molecule has 2 heterocycles. The zero-order valence-electron chi connectivity index (χ0n) is 21.2. The highest BCUT2D eigenvalue weighted by molar-refractivity contribution is 5.79. The van der Waals surface area contributed by atoms with Crippen LogP contribution in [0.15, 0.2) is 42.0 Å². The molecule has 1 fully saturated rings. The number of fused-ring (bicyclic) bond motifs is 2. The maximum atomic E-state index is 15.7. The Morgan fingerprint density at radius 1 is 1.08 bits per heavy atom. The van der Waals surface area contributed by atoms with E-state index < -0.39 is 23.3 Å². The Morgan fingerprint density at radius 2 is 1.78 bits per heavy atom. The summed E-state index contributed by atoms with van der Waals surface area (Å²) in [4.78, 5) is 3.97. The molecule has 36 heavy (non-hydrogen) atoms. The third-order valence-corrected chi connectivity index (χ3v) is 7.65. The molecule has 2 aromatic carbocycles. The van der Waals surface area contributed by atoms with Gasteiger partial charge in [0.05, 0.1) is 12.7 Å². The van der Waals surface area contributed by atoms with Gasteiger partial charge in [0.15, 0.2) is 0 Å². The van der Waals surface area contributed by atoms with Gasteiger partial charge in [0.2, 0.25) is 0 Å². The summed E-state index contributed by atoms with van der Waals surface area (Å²) in [5.41, 5.74) is 2.77. The Morgan fingerprint density at radius 3 is 2.44 bits per heavy atom. The average molecular weight is 503 g/mol. The molecule has 0 spiro atoms.